The maximum atomic E-state index is 11.4. The van der Waals surface area contributed by atoms with E-state index in [1.54, 1.807) is 6.08 Å². The number of ether oxygens (including phenoxy) is 1. The van der Waals surface area contributed by atoms with Crippen molar-refractivity contribution in [3.63, 3.8) is 0 Å². The van der Waals surface area contributed by atoms with Crippen LogP contribution in [0, 0.1) is 0 Å². The molecule has 1 N–H and O–H groups in total. The summed E-state index contributed by atoms with van der Waals surface area (Å²) in [6.45, 7) is 4.27. The molecule has 0 fully saturated rings. The Kier molecular flexibility index (Phi) is 5.29. The third-order valence-corrected chi connectivity index (χ3v) is 2.28. The van der Waals surface area contributed by atoms with Gasteiger partial charge in [-0.15, -0.1) is 6.58 Å². The van der Waals surface area contributed by atoms with Gasteiger partial charge in [-0.3, -0.25) is 4.79 Å². The number of carbonyl (C=O) groups is 1. The minimum Gasteiger partial charge on any atom is -0.468 e. The van der Waals surface area contributed by atoms with E-state index < -0.39 is 0 Å². The van der Waals surface area contributed by atoms with Crippen LogP contribution in [0.2, 0.25) is 0 Å². The van der Waals surface area contributed by atoms with Crippen molar-refractivity contribution in [2.75, 3.05) is 7.11 Å². The number of rotatable bonds is 6. The van der Waals surface area contributed by atoms with Gasteiger partial charge in [-0.05, 0) is 12.0 Å². The van der Waals surface area contributed by atoms with Crippen molar-refractivity contribution in [1.29, 1.82) is 0 Å². The zero-order valence-corrected chi connectivity index (χ0v) is 9.48. The number of methoxy groups -OCH3 is 1. The van der Waals surface area contributed by atoms with Gasteiger partial charge in [-0.2, -0.15) is 0 Å². The summed E-state index contributed by atoms with van der Waals surface area (Å²) in [4.78, 5) is 11.4. The minimum atomic E-state index is -0.317. The molecule has 1 atom stereocenters. The van der Waals surface area contributed by atoms with Crippen LogP contribution in [0.25, 0.3) is 0 Å². The van der Waals surface area contributed by atoms with E-state index in [9.17, 15) is 4.79 Å². The Morgan fingerprint density at radius 2 is 2.19 bits per heavy atom. The van der Waals surface area contributed by atoms with Crippen LogP contribution >= 0.6 is 0 Å². The minimum absolute atomic E-state index is 0.254. The highest BCUT2D eigenvalue weighted by Crippen LogP contribution is 2.01. The summed E-state index contributed by atoms with van der Waals surface area (Å²) in [5, 5.41) is 3.14. The summed E-state index contributed by atoms with van der Waals surface area (Å²) >= 11 is 0. The van der Waals surface area contributed by atoms with E-state index in [2.05, 4.69) is 11.9 Å². The Hall–Kier alpha value is -1.61. The normalized spacial score (nSPS) is 11.8. The van der Waals surface area contributed by atoms with E-state index in [-0.39, 0.29) is 12.0 Å². The van der Waals surface area contributed by atoms with Gasteiger partial charge in [0.2, 0.25) is 0 Å². The summed E-state index contributed by atoms with van der Waals surface area (Å²) in [7, 11) is 1.39. The third-order valence-electron chi connectivity index (χ3n) is 2.28. The fourth-order valence-electron chi connectivity index (χ4n) is 1.41. The molecule has 0 saturated carbocycles. The molecule has 0 saturated heterocycles. The molecule has 16 heavy (non-hydrogen) atoms. The van der Waals surface area contributed by atoms with Gasteiger partial charge < -0.3 is 10.1 Å². The van der Waals surface area contributed by atoms with Gasteiger partial charge in [0, 0.05) is 6.54 Å². The van der Waals surface area contributed by atoms with Crippen molar-refractivity contribution in [2.24, 2.45) is 0 Å². The molecule has 0 aliphatic rings. The topological polar surface area (TPSA) is 38.3 Å². The van der Waals surface area contributed by atoms with Crippen LogP contribution in [0.5, 0.6) is 0 Å². The average molecular weight is 219 g/mol. The molecule has 3 nitrogen and oxygen atoms in total. The molecule has 0 heterocycles. The molecule has 1 rings (SSSR count). The second kappa shape index (κ2) is 6.80. The Morgan fingerprint density at radius 1 is 1.50 bits per heavy atom. The number of hydrogen-bond donors (Lipinski definition) is 1. The number of hydrogen-bond acceptors (Lipinski definition) is 3. The largest absolute Gasteiger partial charge is 0.468 e. The van der Waals surface area contributed by atoms with Gasteiger partial charge in [0.05, 0.1) is 7.11 Å². The molecule has 0 aliphatic carbocycles. The Labute approximate surface area is 96.1 Å². The number of carbonyl (C=O) groups excluding carboxylic acids is 1. The van der Waals surface area contributed by atoms with Crippen LogP contribution in [-0.4, -0.2) is 19.1 Å². The van der Waals surface area contributed by atoms with Crippen molar-refractivity contribution in [3.8, 4) is 0 Å². The summed E-state index contributed by atoms with van der Waals surface area (Å²) in [5.74, 6) is -0.254. The predicted molar refractivity (Wildman–Crippen MR) is 63.9 cm³/mol. The smallest absolute Gasteiger partial charge is 0.323 e. The van der Waals surface area contributed by atoms with Crippen molar-refractivity contribution >= 4 is 5.97 Å². The first-order valence-electron chi connectivity index (χ1n) is 5.24. The summed E-state index contributed by atoms with van der Waals surface area (Å²) in [6.07, 6.45) is 2.28. The van der Waals surface area contributed by atoms with Gasteiger partial charge in [-0.25, -0.2) is 0 Å². The maximum absolute atomic E-state index is 11.4. The molecular weight excluding hydrogens is 202 g/mol. The lowest BCUT2D eigenvalue weighted by molar-refractivity contribution is -0.143. The second-order valence-electron chi connectivity index (χ2n) is 3.47. The van der Waals surface area contributed by atoms with Crippen LogP contribution in [0.15, 0.2) is 43.0 Å². The first kappa shape index (κ1) is 12.5. The van der Waals surface area contributed by atoms with E-state index in [4.69, 9.17) is 4.74 Å². The zero-order valence-electron chi connectivity index (χ0n) is 9.48. The highest BCUT2D eigenvalue weighted by atomic mass is 16.5. The lowest BCUT2D eigenvalue weighted by Gasteiger charge is -2.14. The Balaban J connectivity index is 2.50. The molecule has 0 amide bonds. The van der Waals surface area contributed by atoms with Gasteiger partial charge in [0.15, 0.2) is 0 Å². The monoisotopic (exact) mass is 219 g/mol. The highest BCUT2D eigenvalue weighted by molar-refractivity contribution is 5.75. The molecule has 86 valence electrons. The fourth-order valence-corrected chi connectivity index (χ4v) is 1.41. The maximum Gasteiger partial charge on any atom is 0.323 e. The van der Waals surface area contributed by atoms with Crippen molar-refractivity contribution in [3.05, 3.63) is 48.6 Å². The lowest BCUT2D eigenvalue weighted by Crippen LogP contribution is -2.36. The van der Waals surface area contributed by atoms with Crippen LogP contribution in [0.4, 0.5) is 0 Å². The Bertz CT molecular complexity index is 335. The zero-order chi connectivity index (χ0) is 11.8. The Morgan fingerprint density at radius 3 is 2.75 bits per heavy atom. The van der Waals surface area contributed by atoms with Gasteiger partial charge in [0.1, 0.15) is 6.04 Å². The first-order valence-corrected chi connectivity index (χ1v) is 5.24. The summed E-state index contributed by atoms with van der Waals surface area (Å²) in [6, 6.07) is 9.60. The van der Waals surface area contributed by atoms with E-state index in [0.717, 1.165) is 5.56 Å². The van der Waals surface area contributed by atoms with Crippen LogP contribution in [-0.2, 0) is 16.1 Å². The van der Waals surface area contributed by atoms with Gasteiger partial charge in [-0.1, -0.05) is 36.4 Å². The van der Waals surface area contributed by atoms with Crippen molar-refractivity contribution in [2.45, 2.75) is 19.0 Å². The van der Waals surface area contributed by atoms with Crippen LogP contribution in [0.1, 0.15) is 12.0 Å². The molecule has 0 bridgehead atoms. The third kappa shape index (κ3) is 3.87. The molecule has 1 aromatic carbocycles. The van der Waals surface area contributed by atoms with Gasteiger partial charge >= 0.3 is 5.97 Å². The van der Waals surface area contributed by atoms with E-state index in [0.29, 0.717) is 13.0 Å². The van der Waals surface area contributed by atoms with Crippen molar-refractivity contribution in [1.82, 2.24) is 5.32 Å². The predicted octanol–water partition coefficient (Wildman–Crippen LogP) is 1.89. The molecule has 3 heteroatoms. The molecule has 0 aliphatic heterocycles. The number of esters is 1. The first-order chi connectivity index (χ1) is 7.77. The molecule has 0 aromatic heterocycles. The molecule has 0 radical (unpaired) electrons. The number of benzene rings is 1. The lowest BCUT2D eigenvalue weighted by atomic mass is 10.1. The van der Waals surface area contributed by atoms with E-state index in [1.807, 2.05) is 30.3 Å². The summed E-state index contributed by atoms with van der Waals surface area (Å²) < 4.78 is 4.70. The molecule has 1 aromatic rings. The molecular formula is C13H17NO2. The van der Waals surface area contributed by atoms with Crippen molar-refractivity contribution < 1.29 is 9.53 Å². The molecule has 1 unspecified atom stereocenters. The highest BCUT2D eigenvalue weighted by Gasteiger charge is 2.16. The fraction of sp³-hybridized carbons (Fsp3) is 0.308. The summed E-state index contributed by atoms with van der Waals surface area (Å²) in [5.41, 5.74) is 1.14. The van der Waals surface area contributed by atoms with E-state index in [1.165, 1.54) is 7.11 Å². The van der Waals surface area contributed by atoms with Gasteiger partial charge in [0.25, 0.3) is 0 Å². The second-order valence-corrected chi connectivity index (χ2v) is 3.47. The average Bonchev–Trinajstić information content (AvgIpc) is 2.34. The number of nitrogens with one attached hydrogen (secondary N) is 1. The van der Waals surface area contributed by atoms with Crippen LogP contribution < -0.4 is 5.32 Å². The van der Waals surface area contributed by atoms with E-state index >= 15 is 0 Å². The quantitative estimate of drug-likeness (QED) is 0.586. The van der Waals surface area contributed by atoms with Crippen LogP contribution in [0.3, 0.4) is 0 Å². The molecule has 0 spiro atoms. The standard InChI is InChI=1S/C13H17NO2/c1-3-7-12(13(15)16-2)14-10-11-8-5-4-6-9-11/h3-6,8-9,12,14H,1,7,10H2,2H3. The SMILES string of the molecule is C=CCC(NCc1ccccc1)C(=O)OC.